The van der Waals surface area contributed by atoms with Gasteiger partial charge in [0.1, 0.15) is 11.5 Å². The van der Waals surface area contributed by atoms with E-state index in [1.54, 1.807) is 6.07 Å². The molecule has 1 aliphatic heterocycles. The van der Waals surface area contributed by atoms with Gasteiger partial charge in [0, 0.05) is 40.3 Å². The number of carbonyl (C=O) groups is 1. The maximum atomic E-state index is 12.6. The molecule has 0 fully saturated rings. The quantitative estimate of drug-likeness (QED) is 0.355. The van der Waals surface area contributed by atoms with Crippen LogP contribution in [0.3, 0.4) is 0 Å². The van der Waals surface area contributed by atoms with E-state index in [1.165, 1.54) is 17.5 Å². The van der Waals surface area contributed by atoms with Gasteiger partial charge in [0.25, 0.3) is 12.3 Å². The van der Waals surface area contributed by atoms with E-state index >= 15 is 0 Å². The number of anilines is 1. The van der Waals surface area contributed by atoms with Crippen LogP contribution in [0.2, 0.25) is 5.28 Å². The van der Waals surface area contributed by atoms with Crippen LogP contribution in [0.1, 0.15) is 22.2 Å². The Balaban J connectivity index is 1.49. The molecule has 176 valence electrons. The molecule has 1 aliphatic rings. The number of nitrogens with zero attached hydrogens (tertiary/aromatic N) is 3. The summed E-state index contributed by atoms with van der Waals surface area (Å²) in [5.74, 6) is 0.202. The zero-order chi connectivity index (χ0) is 23.8. The number of benzene rings is 1. The number of halogens is 3. The summed E-state index contributed by atoms with van der Waals surface area (Å²) >= 11 is 7.32. The van der Waals surface area contributed by atoms with Gasteiger partial charge in [-0.15, -0.1) is 11.3 Å². The second kappa shape index (κ2) is 9.24. The van der Waals surface area contributed by atoms with E-state index in [0.29, 0.717) is 22.5 Å². The van der Waals surface area contributed by atoms with Crippen molar-refractivity contribution < 1.29 is 23.0 Å². The van der Waals surface area contributed by atoms with Gasteiger partial charge in [0.2, 0.25) is 17.0 Å². The number of ether oxygens (including phenoxy) is 2. The molecule has 4 heterocycles. The minimum atomic E-state index is -2.59. The maximum Gasteiger partial charge on any atom is 0.263 e. The van der Waals surface area contributed by atoms with Gasteiger partial charge in [-0.1, -0.05) is 0 Å². The number of fused-ring (bicyclic) bond motifs is 5. The molecule has 1 aromatic carbocycles. The van der Waals surface area contributed by atoms with Crippen LogP contribution in [0.4, 0.5) is 14.5 Å². The largest absolute Gasteiger partial charge is 0.420 e. The molecule has 4 aromatic rings. The van der Waals surface area contributed by atoms with E-state index in [-0.39, 0.29) is 35.6 Å². The molecule has 0 unspecified atom stereocenters. The molecular weight excluding hydrogens is 488 g/mol. The average molecular weight is 506 g/mol. The predicted molar refractivity (Wildman–Crippen MR) is 125 cm³/mol. The third kappa shape index (κ3) is 4.46. The number of amides is 1. The van der Waals surface area contributed by atoms with E-state index in [9.17, 15) is 13.6 Å². The second-order valence-corrected chi connectivity index (χ2v) is 9.08. The average Bonchev–Trinajstić information content (AvgIpc) is 3.11. The summed E-state index contributed by atoms with van der Waals surface area (Å²) in [6.45, 7) is 1.67. The predicted octanol–water partition coefficient (Wildman–Crippen LogP) is 5.01. The third-order valence-corrected chi connectivity index (χ3v) is 6.50. The third-order valence-electron chi connectivity index (χ3n) is 5.16. The fourth-order valence-electron chi connectivity index (χ4n) is 3.68. The summed E-state index contributed by atoms with van der Waals surface area (Å²) in [4.78, 5) is 25.7. The summed E-state index contributed by atoms with van der Waals surface area (Å²) < 4.78 is 36.6. The molecule has 0 spiro atoms. The number of hydrogen-bond donors (Lipinski definition) is 2. The normalized spacial score (nSPS) is 15.8. The van der Waals surface area contributed by atoms with E-state index in [4.69, 9.17) is 21.1 Å². The molecule has 0 saturated heterocycles. The van der Waals surface area contributed by atoms with Crippen LogP contribution in [-0.2, 0) is 11.3 Å². The van der Waals surface area contributed by atoms with Crippen molar-refractivity contribution in [1.82, 2.24) is 20.3 Å². The van der Waals surface area contributed by atoms with Crippen molar-refractivity contribution in [1.29, 1.82) is 0 Å². The fraction of sp³-hybridized carbons (Fsp3) is 0.273. The van der Waals surface area contributed by atoms with Crippen molar-refractivity contribution in [2.24, 2.45) is 0 Å². The first-order chi connectivity index (χ1) is 16.4. The lowest BCUT2D eigenvalue weighted by molar-refractivity contribution is 0.00917. The van der Waals surface area contributed by atoms with Crippen molar-refractivity contribution in [3.63, 3.8) is 0 Å². The molecule has 2 N–H and O–H groups in total. The Morgan fingerprint density at radius 3 is 2.94 bits per heavy atom. The van der Waals surface area contributed by atoms with Gasteiger partial charge >= 0.3 is 0 Å². The fourth-order valence-corrected chi connectivity index (χ4v) is 4.90. The Kier molecular flexibility index (Phi) is 6.15. The van der Waals surface area contributed by atoms with Crippen molar-refractivity contribution in [2.75, 3.05) is 18.5 Å². The van der Waals surface area contributed by atoms with E-state index in [1.807, 2.05) is 25.1 Å². The number of aromatic nitrogens is 3. The molecule has 12 heteroatoms. The van der Waals surface area contributed by atoms with Gasteiger partial charge in [0.05, 0.1) is 23.4 Å². The Morgan fingerprint density at radius 2 is 2.12 bits per heavy atom. The lowest BCUT2D eigenvalue weighted by Gasteiger charge is -2.11. The maximum absolute atomic E-state index is 12.6. The van der Waals surface area contributed by atoms with Crippen LogP contribution in [0.15, 0.2) is 30.5 Å². The Hall–Kier alpha value is -3.15. The standard InChI is InChI=1S/C22H18ClF2N5O3S/c1-10-6-26-18-17-12-2-5-16(29-13(12)3-4-14(17)34-19(18)20(31)28-10)33-21-11(7-27-22(23)30-21)8-32-9-15(24)25/h2-5,7,10,15,26H,6,8-9H2,1H3,(H,28,31)/t10-/m0/s1. The lowest BCUT2D eigenvalue weighted by Crippen LogP contribution is -2.34. The van der Waals surface area contributed by atoms with Crippen molar-refractivity contribution in [3.05, 3.63) is 46.2 Å². The Morgan fingerprint density at radius 1 is 1.26 bits per heavy atom. The highest BCUT2D eigenvalue weighted by atomic mass is 35.5. The molecular formula is C22H18ClF2N5O3S. The Bertz CT molecular complexity index is 1400. The lowest BCUT2D eigenvalue weighted by atomic mass is 10.1. The van der Waals surface area contributed by atoms with Crippen LogP contribution >= 0.6 is 22.9 Å². The molecule has 0 aliphatic carbocycles. The van der Waals surface area contributed by atoms with Gasteiger partial charge < -0.3 is 20.1 Å². The smallest absolute Gasteiger partial charge is 0.263 e. The summed E-state index contributed by atoms with van der Waals surface area (Å²) in [6.07, 6.45) is -1.23. The number of rotatable bonds is 6. The highest BCUT2D eigenvalue weighted by Gasteiger charge is 2.25. The first-order valence-electron chi connectivity index (χ1n) is 10.3. The van der Waals surface area contributed by atoms with Gasteiger partial charge in [-0.3, -0.25) is 4.79 Å². The topological polar surface area (TPSA) is 98.3 Å². The highest BCUT2D eigenvalue weighted by Crippen LogP contribution is 2.41. The summed E-state index contributed by atoms with van der Waals surface area (Å²) in [5, 5.41) is 8.08. The van der Waals surface area contributed by atoms with Crippen LogP contribution in [0.5, 0.6) is 11.8 Å². The number of pyridine rings is 1. The van der Waals surface area contributed by atoms with Crippen LogP contribution < -0.4 is 15.4 Å². The van der Waals surface area contributed by atoms with Gasteiger partial charge in [-0.2, -0.15) is 4.98 Å². The zero-order valence-corrected chi connectivity index (χ0v) is 19.3. The van der Waals surface area contributed by atoms with Crippen LogP contribution in [0.25, 0.3) is 21.0 Å². The molecule has 0 bridgehead atoms. The van der Waals surface area contributed by atoms with E-state index in [0.717, 1.165) is 21.2 Å². The number of alkyl halides is 2. The summed E-state index contributed by atoms with van der Waals surface area (Å²) in [7, 11) is 0. The minimum Gasteiger partial charge on any atom is -0.420 e. The molecule has 0 saturated carbocycles. The molecule has 5 rings (SSSR count). The van der Waals surface area contributed by atoms with Gasteiger partial charge in [-0.05, 0) is 36.7 Å². The number of hydrogen-bond acceptors (Lipinski definition) is 8. The van der Waals surface area contributed by atoms with Crippen LogP contribution in [-0.4, -0.2) is 46.5 Å². The van der Waals surface area contributed by atoms with E-state index < -0.39 is 13.0 Å². The first kappa shape index (κ1) is 22.6. The number of carbonyl (C=O) groups excluding carboxylic acids is 1. The minimum absolute atomic E-state index is 0.00816. The summed E-state index contributed by atoms with van der Waals surface area (Å²) in [5.41, 5.74) is 1.81. The Labute approximate surface area is 201 Å². The second-order valence-electron chi connectivity index (χ2n) is 7.69. The zero-order valence-electron chi connectivity index (χ0n) is 17.8. The van der Waals surface area contributed by atoms with Crippen molar-refractivity contribution in [3.8, 4) is 11.8 Å². The number of thiophene rings is 1. The molecule has 1 amide bonds. The number of nitrogens with one attached hydrogen (secondary N) is 2. The monoisotopic (exact) mass is 505 g/mol. The molecule has 1 atom stereocenters. The molecule has 34 heavy (non-hydrogen) atoms. The van der Waals surface area contributed by atoms with E-state index in [2.05, 4.69) is 25.6 Å². The van der Waals surface area contributed by atoms with Crippen molar-refractivity contribution >= 4 is 55.5 Å². The van der Waals surface area contributed by atoms with Crippen LogP contribution in [0, 0.1) is 0 Å². The molecule has 3 aromatic heterocycles. The van der Waals surface area contributed by atoms with Crippen molar-refractivity contribution in [2.45, 2.75) is 26.0 Å². The highest BCUT2D eigenvalue weighted by molar-refractivity contribution is 7.21. The molecule has 0 radical (unpaired) electrons. The van der Waals surface area contributed by atoms with Gasteiger partial charge in [0.15, 0.2) is 0 Å². The summed E-state index contributed by atoms with van der Waals surface area (Å²) in [6, 6.07) is 7.30. The van der Waals surface area contributed by atoms with Gasteiger partial charge in [-0.25, -0.2) is 18.7 Å². The first-order valence-corrected chi connectivity index (χ1v) is 11.5. The SMILES string of the molecule is C[C@H]1CNc2c(sc3ccc4nc(Oc5nc(Cl)ncc5COCC(F)F)ccc4c23)C(=O)N1. The molecule has 8 nitrogen and oxygen atoms in total.